The molecule has 30 heavy (non-hydrogen) atoms. The van der Waals surface area contributed by atoms with E-state index in [0.29, 0.717) is 6.54 Å². The zero-order chi connectivity index (χ0) is 20.9. The van der Waals surface area contributed by atoms with Crippen molar-refractivity contribution in [2.24, 2.45) is 13.0 Å². The van der Waals surface area contributed by atoms with Crippen molar-refractivity contribution in [1.29, 1.82) is 0 Å². The van der Waals surface area contributed by atoms with Crippen molar-refractivity contribution in [3.05, 3.63) is 66.6 Å². The smallest absolute Gasteiger partial charge is 0.225 e. The summed E-state index contributed by atoms with van der Waals surface area (Å²) in [5.74, 6) is 2.27. The highest BCUT2D eigenvalue weighted by atomic mass is 16.5. The number of nitrogens with one attached hydrogen (secondary N) is 1. The molecule has 0 radical (unpaired) electrons. The topological polar surface area (TPSA) is 85.2 Å². The van der Waals surface area contributed by atoms with E-state index in [0.717, 1.165) is 42.3 Å². The average Bonchev–Trinajstić information content (AvgIpc) is 3.23. The second-order valence-corrected chi connectivity index (χ2v) is 7.46. The molecule has 1 aromatic carbocycles. The second-order valence-electron chi connectivity index (χ2n) is 7.46. The summed E-state index contributed by atoms with van der Waals surface area (Å²) < 4.78 is 7.20. The maximum Gasteiger partial charge on any atom is 0.225 e. The number of ether oxygens (including phenoxy) is 1. The number of piperidine rings is 1. The molecule has 8 heteroatoms. The Labute approximate surface area is 175 Å². The lowest BCUT2D eigenvalue weighted by Crippen LogP contribution is -2.44. The molecule has 1 amide bonds. The fourth-order valence-corrected chi connectivity index (χ4v) is 3.86. The Morgan fingerprint density at radius 3 is 2.70 bits per heavy atom. The molecule has 0 unspecified atom stereocenters. The van der Waals surface area contributed by atoms with E-state index in [1.165, 1.54) is 0 Å². The van der Waals surface area contributed by atoms with Crippen LogP contribution < -0.4 is 15.0 Å². The molecule has 0 saturated carbocycles. The van der Waals surface area contributed by atoms with Crippen molar-refractivity contribution >= 4 is 11.7 Å². The van der Waals surface area contributed by atoms with Crippen molar-refractivity contribution in [2.45, 2.75) is 18.9 Å². The Morgan fingerprint density at radius 2 is 2.03 bits per heavy atom. The first-order valence-electron chi connectivity index (χ1n) is 10.1. The first kappa shape index (κ1) is 19.9. The summed E-state index contributed by atoms with van der Waals surface area (Å²) in [6.45, 7) is 1.50. The van der Waals surface area contributed by atoms with Crippen LogP contribution >= 0.6 is 0 Å². The molecule has 1 fully saturated rings. The molecule has 3 aromatic rings. The predicted molar refractivity (Wildman–Crippen MR) is 113 cm³/mol. The minimum atomic E-state index is -0.338. The van der Waals surface area contributed by atoms with Gasteiger partial charge in [-0.2, -0.15) is 0 Å². The van der Waals surface area contributed by atoms with Gasteiger partial charge in [0, 0.05) is 44.9 Å². The number of aryl methyl sites for hydroxylation is 1. The van der Waals surface area contributed by atoms with Gasteiger partial charge in [0.05, 0.1) is 19.2 Å². The molecule has 1 aliphatic heterocycles. The van der Waals surface area contributed by atoms with E-state index in [1.54, 1.807) is 31.9 Å². The normalized spacial score (nSPS) is 17.4. The van der Waals surface area contributed by atoms with E-state index in [-0.39, 0.29) is 17.9 Å². The Hall–Kier alpha value is -3.42. The Bertz CT molecular complexity index is 973. The average molecular weight is 406 g/mol. The number of amides is 1. The van der Waals surface area contributed by atoms with Crippen LogP contribution in [0.25, 0.3) is 0 Å². The lowest BCUT2D eigenvalue weighted by atomic mass is 9.96. The summed E-state index contributed by atoms with van der Waals surface area (Å²) >= 11 is 0. The number of imidazole rings is 1. The molecule has 156 valence electrons. The van der Waals surface area contributed by atoms with Crippen molar-refractivity contribution in [2.75, 3.05) is 25.1 Å². The van der Waals surface area contributed by atoms with Crippen LogP contribution in [0, 0.1) is 5.92 Å². The predicted octanol–water partition coefficient (Wildman–Crippen LogP) is 2.34. The number of benzene rings is 1. The van der Waals surface area contributed by atoms with Gasteiger partial charge in [0.2, 0.25) is 5.91 Å². The van der Waals surface area contributed by atoms with Crippen LogP contribution in [-0.4, -0.2) is 45.6 Å². The van der Waals surface area contributed by atoms with Gasteiger partial charge in [-0.3, -0.25) is 9.78 Å². The molecule has 0 bridgehead atoms. The second kappa shape index (κ2) is 8.94. The van der Waals surface area contributed by atoms with Crippen LogP contribution in [-0.2, 0) is 11.8 Å². The molecule has 1 N–H and O–H groups in total. The van der Waals surface area contributed by atoms with Gasteiger partial charge in [-0.1, -0.05) is 12.1 Å². The third-order valence-corrected chi connectivity index (χ3v) is 5.52. The molecule has 1 saturated heterocycles. The quantitative estimate of drug-likeness (QED) is 0.676. The zero-order valence-electron chi connectivity index (χ0n) is 17.2. The van der Waals surface area contributed by atoms with Crippen LogP contribution in [0.15, 0.2) is 55.2 Å². The fourth-order valence-electron chi connectivity index (χ4n) is 3.86. The minimum absolute atomic E-state index is 0.0207. The summed E-state index contributed by atoms with van der Waals surface area (Å²) in [6, 6.07) is 7.38. The van der Waals surface area contributed by atoms with Gasteiger partial charge in [-0.15, -0.1) is 0 Å². The molecule has 2 atom stereocenters. The number of aromatic nitrogens is 4. The van der Waals surface area contributed by atoms with Gasteiger partial charge in [-0.05, 0) is 30.5 Å². The van der Waals surface area contributed by atoms with E-state index >= 15 is 0 Å². The van der Waals surface area contributed by atoms with Crippen LogP contribution in [0.3, 0.4) is 0 Å². The van der Waals surface area contributed by atoms with Crippen LogP contribution in [0.4, 0.5) is 5.82 Å². The molecule has 8 nitrogen and oxygen atoms in total. The van der Waals surface area contributed by atoms with Gasteiger partial charge >= 0.3 is 0 Å². The first-order valence-corrected chi connectivity index (χ1v) is 10.1. The largest absolute Gasteiger partial charge is 0.497 e. The Morgan fingerprint density at radius 1 is 1.20 bits per heavy atom. The van der Waals surface area contributed by atoms with E-state index < -0.39 is 0 Å². The molecular formula is C22H26N6O2. The first-order chi connectivity index (χ1) is 14.7. The summed E-state index contributed by atoms with van der Waals surface area (Å²) in [5, 5.41) is 3.23. The number of methoxy groups -OCH3 is 1. The van der Waals surface area contributed by atoms with Crippen molar-refractivity contribution in [3.63, 3.8) is 0 Å². The van der Waals surface area contributed by atoms with E-state index in [2.05, 4.69) is 25.2 Å². The number of rotatable bonds is 6. The number of carbonyl (C=O) groups excluding carboxylic acids is 1. The highest BCUT2D eigenvalue weighted by molar-refractivity contribution is 5.80. The molecular weight excluding hydrogens is 380 g/mol. The number of hydrogen-bond acceptors (Lipinski definition) is 6. The molecule has 3 heterocycles. The standard InChI is InChI=1S/C22H26N6O2/c1-27-13-11-25-21(27)20(16-5-7-18(30-2)8-6-16)26-22(29)17-4-3-12-28(15-17)19-14-23-9-10-24-19/h5-11,13-14,17,20H,3-4,12,15H2,1-2H3,(H,26,29)/t17-,20+/m1/s1. The van der Waals surface area contributed by atoms with Crippen molar-refractivity contribution in [3.8, 4) is 5.75 Å². The zero-order valence-corrected chi connectivity index (χ0v) is 17.2. The number of nitrogens with zero attached hydrogens (tertiary/aromatic N) is 5. The SMILES string of the molecule is COc1ccc([C@H](NC(=O)[C@@H]2CCCN(c3cnccn3)C2)c2nccn2C)cc1. The monoisotopic (exact) mass is 406 g/mol. The van der Waals surface area contributed by atoms with Crippen LogP contribution in [0.2, 0.25) is 0 Å². The Balaban J connectivity index is 1.53. The summed E-state index contributed by atoms with van der Waals surface area (Å²) in [7, 11) is 3.57. The summed E-state index contributed by atoms with van der Waals surface area (Å²) in [6.07, 6.45) is 10.5. The number of carbonyl (C=O) groups is 1. The summed E-state index contributed by atoms with van der Waals surface area (Å²) in [5.41, 5.74) is 0.958. The third-order valence-electron chi connectivity index (χ3n) is 5.52. The van der Waals surface area contributed by atoms with Crippen molar-refractivity contribution in [1.82, 2.24) is 24.8 Å². The van der Waals surface area contributed by atoms with E-state index in [1.807, 2.05) is 42.1 Å². The maximum absolute atomic E-state index is 13.3. The fraction of sp³-hybridized carbons (Fsp3) is 0.364. The molecule has 0 aliphatic carbocycles. The minimum Gasteiger partial charge on any atom is -0.497 e. The van der Waals surface area contributed by atoms with Crippen molar-refractivity contribution < 1.29 is 9.53 Å². The van der Waals surface area contributed by atoms with E-state index in [9.17, 15) is 4.79 Å². The maximum atomic E-state index is 13.3. The van der Waals surface area contributed by atoms with Gasteiger partial charge in [0.15, 0.2) is 0 Å². The summed E-state index contributed by atoms with van der Waals surface area (Å²) in [4.78, 5) is 28.4. The molecule has 1 aliphatic rings. The number of hydrogen-bond donors (Lipinski definition) is 1. The third kappa shape index (κ3) is 4.27. The van der Waals surface area contributed by atoms with Crippen LogP contribution in [0.1, 0.15) is 30.3 Å². The number of anilines is 1. The van der Waals surface area contributed by atoms with Gasteiger partial charge < -0.3 is 19.5 Å². The Kier molecular flexibility index (Phi) is 5.92. The molecule has 4 rings (SSSR count). The van der Waals surface area contributed by atoms with E-state index in [4.69, 9.17) is 4.74 Å². The van der Waals surface area contributed by atoms with Gasteiger partial charge in [-0.25, -0.2) is 9.97 Å². The lowest BCUT2D eigenvalue weighted by Gasteiger charge is -2.33. The highest BCUT2D eigenvalue weighted by Gasteiger charge is 2.30. The van der Waals surface area contributed by atoms with Gasteiger partial charge in [0.25, 0.3) is 0 Å². The molecule has 0 spiro atoms. The van der Waals surface area contributed by atoms with Crippen LogP contribution in [0.5, 0.6) is 5.75 Å². The molecule has 2 aromatic heterocycles. The highest BCUT2D eigenvalue weighted by Crippen LogP contribution is 2.26. The van der Waals surface area contributed by atoms with Gasteiger partial charge in [0.1, 0.15) is 23.4 Å². The lowest BCUT2D eigenvalue weighted by molar-refractivity contribution is -0.125.